The second kappa shape index (κ2) is 5.88. The van der Waals surface area contributed by atoms with Crippen LogP contribution in [0.2, 0.25) is 0 Å². The lowest BCUT2D eigenvalue weighted by atomic mass is 9.96. The Kier molecular flexibility index (Phi) is 4.36. The molecule has 2 rings (SSSR count). The molecule has 0 saturated carbocycles. The summed E-state index contributed by atoms with van der Waals surface area (Å²) in [7, 11) is 0. The molecule has 0 bridgehead atoms. The second-order valence-electron chi connectivity index (χ2n) is 5.12. The maximum Gasteiger partial charge on any atom is 0.418 e. The van der Waals surface area contributed by atoms with Crippen molar-refractivity contribution in [2.24, 2.45) is 11.7 Å². The van der Waals surface area contributed by atoms with Crippen molar-refractivity contribution in [3.05, 3.63) is 33.9 Å². The molecule has 1 saturated heterocycles. The third kappa shape index (κ3) is 3.44. The van der Waals surface area contributed by atoms with Crippen molar-refractivity contribution in [3.8, 4) is 0 Å². The number of rotatable bonds is 3. The third-order valence-corrected chi connectivity index (χ3v) is 3.78. The predicted octanol–water partition coefficient (Wildman–Crippen LogP) is 2.79. The van der Waals surface area contributed by atoms with Gasteiger partial charge in [0.15, 0.2) is 0 Å². The number of nitro groups is 1. The maximum absolute atomic E-state index is 13.1. The number of hydrogen-bond donors (Lipinski definition) is 1. The van der Waals surface area contributed by atoms with Gasteiger partial charge >= 0.3 is 6.18 Å². The third-order valence-electron chi connectivity index (χ3n) is 3.78. The van der Waals surface area contributed by atoms with Gasteiger partial charge in [0.2, 0.25) is 0 Å². The molecular weight excluding hydrogens is 287 g/mol. The first kappa shape index (κ1) is 15.6. The van der Waals surface area contributed by atoms with Crippen LogP contribution in [0.1, 0.15) is 18.4 Å². The van der Waals surface area contributed by atoms with Crippen LogP contribution in [0, 0.1) is 16.0 Å². The smallest absolute Gasteiger partial charge is 0.371 e. The first-order chi connectivity index (χ1) is 9.82. The first-order valence-electron chi connectivity index (χ1n) is 6.63. The molecule has 0 aromatic heterocycles. The molecule has 0 unspecified atom stereocenters. The lowest BCUT2D eigenvalue weighted by Gasteiger charge is -2.34. The fraction of sp³-hybridized carbons (Fsp3) is 0.538. The van der Waals surface area contributed by atoms with Crippen LogP contribution in [0.4, 0.5) is 24.5 Å². The number of halogens is 3. The van der Waals surface area contributed by atoms with Crippen molar-refractivity contribution in [1.29, 1.82) is 0 Å². The average molecular weight is 303 g/mol. The van der Waals surface area contributed by atoms with E-state index in [0.29, 0.717) is 31.6 Å². The van der Waals surface area contributed by atoms with Gasteiger partial charge in [-0.3, -0.25) is 10.1 Å². The highest BCUT2D eigenvalue weighted by atomic mass is 19.4. The summed E-state index contributed by atoms with van der Waals surface area (Å²) < 4.78 is 39.4. The molecule has 0 aliphatic carbocycles. The Labute approximate surface area is 119 Å². The van der Waals surface area contributed by atoms with E-state index in [4.69, 9.17) is 5.73 Å². The molecule has 0 spiro atoms. The van der Waals surface area contributed by atoms with Crippen LogP contribution < -0.4 is 10.6 Å². The number of nitrogens with zero attached hydrogens (tertiary/aromatic N) is 2. The number of hydrogen-bond acceptors (Lipinski definition) is 4. The van der Waals surface area contributed by atoms with Gasteiger partial charge in [0.05, 0.1) is 10.5 Å². The summed E-state index contributed by atoms with van der Waals surface area (Å²) in [6, 6.07) is 2.90. The molecule has 1 fully saturated rings. The van der Waals surface area contributed by atoms with Crippen LogP contribution in [0.15, 0.2) is 18.2 Å². The van der Waals surface area contributed by atoms with Gasteiger partial charge in [-0.05, 0) is 31.4 Å². The number of anilines is 1. The summed E-state index contributed by atoms with van der Waals surface area (Å²) in [6.07, 6.45) is -3.17. The Morgan fingerprint density at radius 1 is 1.33 bits per heavy atom. The molecule has 5 nitrogen and oxygen atoms in total. The minimum absolute atomic E-state index is 0.00331. The number of nitrogens with two attached hydrogens (primary N) is 1. The van der Waals surface area contributed by atoms with Crippen LogP contribution in [-0.2, 0) is 6.18 Å². The Bertz CT molecular complexity index is 526. The van der Waals surface area contributed by atoms with Crippen LogP contribution in [-0.4, -0.2) is 24.6 Å². The molecular formula is C13H16F3N3O2. The molecule has 0 amide bonds. The molecule has 116 valence electrons. The van der Waals surface area contributed by atoms with Gasteiger partial charge in [0, 0.05) is 30.9 Å². The lowest BCUT2D eigenvalue weighted by Crippen LogP contribution is -2.37. The molecule has 0 radical (unpaired) electrons. The van der Waals surface area contributed by atoms with Crippen molar-refractivity contribution in [1.82, 2.24) is 0 Å². The van der Waals surface area contributed by atoms with Gasteiger partial charge in [0.25, 0.3) is 5.69 Å². The van der Waals surface area contributed by atoms with Crippen molar-refractivity contribution in [3.63, 3.8) is 0 Å². The Morgan fingerprint density at radius 2 is 1.95 bits per heavy atom. The zero-order chi connectivity index (χ0) is 15.6. The van der Waals surface area contributed by atoms with Gasteiger partial charge in [-0.2, -0.15) is 13.2 Å². The predicted molar refractivity (Wildman–Crippen MR) is 72.1 cm³/mol. The van der Waals surface area contributed by atoms with Crippen molar-refractivity contribution >= 4 is 11.4 Å². The van der Waals surface area contributed by atoms with E-state index in [-0.39, 0.29) is 5.69 Å². The molecule has 1 heterocycles. The van der Waals surface area contributed by atoms with Crippen molar-refractivity contribution < 1.29 is 18.1 Å². The Morgan fingerprint density at radius 3 is 2.43 bits per heavy atom. The molecule has 1 aromatic rings. The van der Waals surface area contributed by atoms with Gasteiger partial charge in [-0.15, -0.1) is 0 Å². The van der Waals surface area contributed by atoms with E-state index in [1.165, 1.54) is 6.07 Å². The van der Waals surface area contributed by atoms with E-state index in [1.807, 2.05) is 0 Å². The zero-order valence-electron chi connectivity index (χ0n) is 11.3. The van der Waals surface area contributed by atoms with Gasteiger partial charge in [-0.25, -0.2) is 0 Å². The van der Waals surface area contributed by atoms with E-state index < -0.39 is 22.4 Å². The SMILES string of the molecule is NCC1CCN(c2ccc([N+](=O)[O-])cc2C(F)(F)F)CC1. The van der Waals surface area contributed by atoms with Crippen LogP contribution in [0.5, 0.6) is 0 Å². The summed E-state index contributed by atoms with van der Waals surface area (Å²) in [6.45, 7) is 1.48. The molecule has 0 atom stereocenters. The number of nitro benzene ring substituents is 1. The van der Waals surface area contributed by atoms with Gasteiger partial charge in [0.1, 0.15) is 0 Å². The fourth-order valence-corrected chi connectivity index (χ4v) is 2.55. The van der Waals surface area contributed by atoms with E-state index in [9.17, 15) is 23.3 Å². The summed E-state index contributed by atoms with van der Waals surface area (Å²) >= 11 is 0. The Hall–Kier alpha value is -1.83. The summed E-state index contributed by atoms with van der Waals surface area (Å²) in [4.78, 5) is 11.5. The van der Waals surface area contributed by atoms with Crippen LogP contribution in [0.3, 0.4) is 0 Å². The average Bonchev–Trinajstić information content (AvgIpc) is 2.46. The standard InChI is InChI=1S/C13H16F3N3O2/c14-13(15,16)11-7-10(19(20)21)1-2-12(11)18-5-3-9(8-17)4-6-18/h1-2,7,9H,3-6,8,17H2. The van der Waals surface area contributed by atoms with Crippen molar-refractivity contribution in [2.75, 3.05) is 24.5 Å². The summed E-state index contributed by atoms with van der Waals surface area (Å²) in [5.74, 6) is 0.327. The first-order valence-corrected chi connectivity index (χ1v) is 6.63. The summed E-state index contributed by atoms with van der Waals surface area (Å²) in [5.41, 5.74) is 4.06. The molecule has 1 aliphatic heterocycles. The number of alkyl halides is 3. The second-order valence-corrected chi connectivity index (χ2v) is 5.12. The quantitative estimate of drug-likeness (QED) is 0.688. The van der Waals surface area contributed by atoms with E-state index in [0.717, 1.165) is 18.9 Å². The number of non-ortho nitro benzene ring substituents is 1. The minimum atomic E-state index is -4.62. The topological polar surface area (TPSA) is 72.4 Å². The lowest BCUT2D eigenvalue weighted by molar-refractivity contribution is -0.385. The van der Waals surface area contributed by atoms with E-state index in [2.05, 4.69) is 0 Å². The highest BCUT2D eigenvalue weighted by molar-refractivity contribution is 5.59. The van der Waals surface area contributed by atoms with Crippen LogP contribution >= 0.6 is 0 Å². The normalized spacial score (nSPS) is 17.0. The number of piperidine rings is 1. The molecule has 2 N–H and O–H groups in total. The summed E-state index contributed by atoms with van der Waals surface area (Å²) in [5, 5.41) is 10.7. The number of benzene rings is 1. The van der Waals surface area contributed by atoms with E-state index in [1.54, 1.807) is 4.90 Å². The minimum Gasteiger partial charge on any atom is -0.371 e. The largest absolute Gasteiger partial charge is 0.418 e. The van der Waals surface area contributed by atoms with Crippen LogP contribution in [0.25, 0.3) is 0 Å². The molecule has 1 aliphatic rings. The monoisotopic (exact) mass is 303 g/mol. The molecule has 1 aromatic carbocycles. The highest BCUT2D eigenvalue weighted by Crippen LogP contribution is 2.39. The fourth-order valence-electron chi connectivity index (χ4n) is 2.55. The highest BCUT2D eigenvalue weighted by Gasteiger charge is 2.37. The van der Waals surface area contributed by atoms with E-state index >= 15 is 0 Å². The molecule has 8 heteroatoms. The molecule has 21 heavy (non-hydrogen) atoms. The Balaban J connectivity index is 2.33. The van der Waals surface area contributed by atoms with Crippen molar-refractivity contribution in [2.45, 2.75) is 19.0 Å². The maximum atomic E-state index is 13.1. The van der Waals surface area contributed by atoms with Gasteiger partial charge in [-0.1, -0.05) is 0 Å². The zero-order valence-corrected chi connectivity index (χ0v) is 11.3. The van der Waals surface area contributed by atoms with Gasteiger partial charge < -0.3 is 10.6 Å².